The fourth-order valence-electron chi connectivity index (χ4n) is 2.83. The number of sulfonamides is 1. The SMILES string of the molecule is CS(=O)(=O)N(CCCC(=O)NCC1=CCCCC1)c1ccccc1. The van der Waals surface area contributed by atoms with Crippen molar-refractivity contribution in [3.8, 4) is 0 Å². The number of hydrogen-bond donors (Lipinski definition) is 1. The molecular weight excluding hydrogens is 324 g/mol. The second-order valence-electron chi connectivity index (χ2n) is 6.16. The van der Waals surface area contributed by atoms with Crippen LogP contribution in [0.2, 0.25) is 0 Å². The summed E-state index contributed by atoms with van der Waals surface area (Å²) in [6.07, 6.45) is 8.82. The molecule has 0 aliphatic heterocycles. The van der Waals surface area contributed by atoms with Gasteiger partial charge in [-0.05, 0) is 44.2 Å². The van der Waals surface area contributed by atoms with Crippen molar-refractivity contribution in [1.82, 2.24) is 5.32 Å². The third kappa shape index (κ3) is 6.00. The Kier molecular flexibility index (Phi) is 6.85. The molecule has 1 aromatic rings. The van der Waals surface area contributed by atoms with Crippen LogP contribution in [-0.4, -0.2) is 33.7 Å². The quantitative estimate of drug-likeness (QED) is 0.733. The summed E-state index contributed by atoms with van der Waals surface area (Å²) in [4.78, 5) is 11.9. The van der Waals surface area contributed by atoms with Crippen LogP contribution in [0, 0.1) is 0 Å². The lowest BCUT2D eigenvalue weighted by molar-refractivity contribution is -0.120. The van der Waals surface area contributed by atoms with Crippen molar-refractivity contribution in [1.29, 1.82) is 0 Å². The first-order chi connectivity index (χ1) is 11.5. The summed E-state index contributed by atoms with van der Waals surface area (Å²) in [7, 11) is -3.35. The molecule has 24 heavy (non-hydrogen) atoms. The highest BCUT2D eigenvalue weighted by Gasteiger charge is 2.17. The zero-order chi connectivity index (χ0) is 17.4. The van der Waals surface area contributed by atoms with Gasteiger partial charge in [-0.15, -0.1) is 0 Å². The van der Waals surface area contributed by atoms with E-state index in [4.69, 9.17) is 0 Å². The molecule has 1 N–H and O–H groups in total. The van der Waals surface area contributed by atoms with Crippen LogP contribution < -0.4 is 9.62 Å². The highest BCUT2D eigenvalue weighted by molar-refractivity contribution is 7.92. The van der Waals surface area contributed by atoms with Gasteiger partial charge in [-0.2, -0.15) is 0 Å². The molecule has 0 atom stereocenters. The zero-order valence-electron chi connectivity index (χ0n) is 14.2. The van der Waals surface area contributed by atoms with Crippen molar-refractivity contribution in [3.63, 3.8) is 0 Å². The molecule has 0 heterocycles. The lowest BCUT2D eigenvalue weighted by atomic mass is 10.00. The van der Waals surface area contributed by atoms with Gasteiger partial charge < -0.3 is 5.32 Å². The van der Waals surface area contributed by atoms with Gasteiger partial charge in [0, 0.05) is 19.5 Å². The molecule has 0 saturated heterocycles. The normalized spacial score (nSPS) is 14.8. The Labute approximate surface area is 144 Å². The van der Waals surface area contributed by atoms with Crippen LogP contribution in [0.15, 0.2) is 42.0 Å². The average molecular weight is 350 g/mol. The maximum Gasteiger partial charge on any atom is 0.232 e. The van der Waals surface area contributed by atoms with Crippen LogP contribution in [0.1, 0.15) is 38.5 Å². The minimum atomic E-state index is -3.35. The Morgan fingerprint density at radius 2 is 1.96 bits per heavy atom. The highest BCUT2D eigenvalue weighted by atomic mass is 32.2. The third-order valence-electron chi connectivity index (χ3n) is 4.11. The molecule has 6 heteroatoms. The van der Waals surface area contributed by atoms with Crippen LogP contribution in [0.25, 0.3) is 0 Å². The second kappa shape index (κ2) is 8.87. The molecule has 1 aliphatic rings. The van der Waals surface area contributed by atoms with E-state index in [1.807, 2.05) is 6.07 Å². The number of rotatable bonds is 8. The lowest BCUT2D eigenvalue weighted by Gasteiger charge is -2.22. The summed E-state index contributed by atoms with van der Waals surface area (Å²) in [6, 6.07) is 8.97. The van der Waals surface area contributed by atoms with Gasteiger partial charge in [-0.1, -0.05) is 29.8 Å². The smallest absolute Gasteiger partial charge is 0.232 e. The number of hydrogen-bond acceptors (Lipinski definition) is 3. The summed E-state index contributed by atoms with van der Waals surface area (Å²) in [5, 5.41) is 2.93. The Morgan fingerprint density at radius 3 is 2.58 bits per heavy atom. The van der Waals surface area contributed by atoms with E-state index < -0.39 is 10.0 Å². The molecule has 0 bridgehead atoms. The molecule has 1 aromatic carbocycles. The summed E-state index contributed by atoms with van der Waals surface area (Å²) in [5.41, 5.74) is 1.93. The lowest BCUT2D eigenvalue weighted by Crippen LogP contribution is -2.32. The van der Waals surface area contributed by atoms with Crippen molar-refractivity contribution < 1.29 is 13.2 Å². The molecule has 0 unspecified atom stereocenters. The van der Waals surface area contributed by atoms with Crippen LogP contribution in [-0.2, 0) is 14.8 Å². The van der Waals surface area contributed by atoms with E-state index in [1.165, 1.54) is 29.0 Å². The fraction of sp³-hybridized carbons (Fsp3) is 0.500. The molecule has 132 valence electrons. The van der Waals surface area contributed by atoms with E-state index in [-0.39, 0.29) is 5.91 Å². The molecule has 5 nitrogen and oxygen atoms in total. The predicted octanol–water partition coefficient (Wildman–Crippen LogP) is 2.85. The van der Waals surface area contributed by atoms with Crippen LogP contribution >= 0.6 is 0 Å². The van der Waals surface area contributed by atoms with E-state index >= 15 is 0 Å². The van der Waals surface area contributed by atoms with Crippen molar-refractivity contribution in [3.05, 3.63) is 42.0 Å². The Bertz CT molecular complexity index is 669. The number of carbonyl (C=O) groups is 1. The van der Waals surface area contributed by atoms with Gasteiger partial charge >= 0.3 is 0 Å². The Hall–Kier alpha value is -1.82. The van der Waals surface area contributed by atoms with Crippen LogP contribution in [0.5, 0.6) is 0 Å². The molecule has 2 rings (SSSR count). The third-order valence-corrected chi connectivity index (χ3v) is 5.30. The van der Waals surface area contributed by atoms with E-state index in [0.717, 1.165) is 12.8 Å². The number of nitrogens with zero attached hydrogens (tertiary/aromatic N) is 1. The number of benzene rings is 1. The van der Waals surface area contributed by atoms with E-state index in [0.29, 0.717) is 31.6 Å². The summed E-state index contributed by atoms with van der Waals surface area (Å²) < 4.78 is 25.3. The van der Waals surface area contributed by atoms with Gasteiger partial charge in [0.25, 0.3) is 0 Å². The maximum atomic E-state index is 12.0. The second-order valence-corrected chi connectivity index (χ2v) is 8.07. The molecule has 0 radical (unpaired) electrons. The van der Waals surface area contributed by atoms with Crippen molar-refractivity contribution >= 4 is 21.6 Å². The fourth-order valence-corrected chi connectivity index (χ4v) is 3.80. The number of anilines is 1. The van der Waals surface area contributed by atoms with E-state index in [1.54, 1.807) is 24.3 Å². The average Bonchev–Trinajstić information content (AvgIpc) is 2.57. The van der Waals surface area contributed by atoms with Gasteiger partial charge in [0.1, 0.15) is 0 Å². The Morgan fingerprint density at radius 1 is 1.21 bits per heavy atom. The van der Waals surface area contributed by atoms with Crippen molar-refractivity contribution in [2.24, 2.45) is 0 Å². The van der Waals surface area contributed by atoms with Gasteiger partial charge in [-0.3, -0.25) is 9.10 Å². The largest absolute Gasteiger partial charge is 0.352 e. The first-order valence-corrected chi connectivity index (χ1v) is 10.3. The van der Waals surface area contributed by atoms with Gasteiger partial charge in [0.2, 0.25) is 15.9 Å². The molecule has 0 aromatic heterocycles. The summed E-state index contributed by atoms with van der Waals surface area (Å²) in [5.74, 6) is -0.0250. The first kappa shape index (κ1) is 18.5. The van der Waals surface area contributed by atoms with Gasteiger partial charge in [0.15, 0.2) is 0 Å². The van der Waals surface area contributed by atoms with Crippen molar-refractivity contribution in [2.75, 3.05) is 23.7 Å². The van der Waals surface area contributed by atoms with Crippen molar-refractivity contribution in [2.45, 2.75) is 38.5 Å². The standard InChI is InChI=1S/C18H26N2O3S/c1-24(22,23)20(17-11-6-3-7-12-17)14-8-13-18(21)19-15-16-9-4-2-5-10-16/h3,6-7,9,11-12H,2,4-5,8,10,13-15H2,1H3,(H,19,21). The topological polar surface area (TPSA) is 66.5 Å². The minimum absolute atomic E-state index is 0.0250. The monoisotopic (exact) mass is 350 g/mol. The number of para-hydroxylation sites is 1. The zero-order valence-corrected chi connectivity index (χ0v) is 15.0. The summed E-state index contributed by atoms with van der Waals surface area (Å²) >= 11 is 0. The number of amides is 1. The summed E-state index contributed by atoms with van der Waals surface area (Å²) in [6.45, 7) is 0.923. The van der Waals surface area contributed by atoms with E-state index in [9.17, 15) is 13.2 Å². The number of allylic oxidation sites excluding steroid dienone is 1. The maximum absolute atomic E-state index is 12.0. The Balaban J connectivity index is 1.80. The number of nitrogens with one attached hydrogen (secondary N) is 1. The highest BCUT2D eigenvalue weighted by Crippen LogP contribution is 2.18. The van der Waals surface area contributed by atoms with Gasteiger partial charge in [-0.25, -0.2) is 8.42 Å². The predicted molar refractivity (Wildman–Crippen MR) is 97.4 cm³/mol. The molecule has 0 spiro atoms. The minimum Gasteiger partial charge on any atom is -0.352 e. The van der Waals surface area contributed by atoms with Crippen LogP contribution in [0.4, 0.5) is 5.69 Å². The molecule has 1 aliphatic carbocycles. The molecule has 0 fully saturated rings. The molecular formula is C18H26N2O3S. The van der Waals surface area contributed by atoms with Crippen LogP contribution in [0.3, 0.4) is 0 Å². The number of carbonyl (C=O) groups excluding carboxylic acids is 1. The van der Waals surface area contributed by atoms with E-state index in [2.05, 4.69) is 11.4 Å². The molecule has 1 amide bonds. The first-order valence-electron chi connectivity index (χ1n) is 8.44. The molecule has 0 saturated carbocycles. The van der Waals surface area contributed by atoms with Gasteiger partial charge in [0.05, 0.1) is 11.9 Å².